The molecule has 1 saturated heterocycles. The van der Waals surface area contributed by atoms with Gasteiger partial charge in [0.05, 0.1) is 0 Å². The van der Waals surface area contributed by atoms with Gasteiger partial charge in [-0.15, -0.1) is 0 Å². The molecule has 1 aliphatic heterocycles. The number of benzene rings is 1. The minimum atomic E-state index is 0.615. The summed E-state index contributed by atoms with van der Waals surface area (Å²) in [7, 11) is 0. The molecule has 2 rings (SSSR count). The lowest BCUT2D eigenvalue weighted by Crippen LogP contribution is -2.39. The second kappa shape index (κ2) is 5.55. The maximum Gasteiger partial charge on any atom is 0.0410 e. The minimum absolute atomic E-state index is 0.615. The summed E-state index contributed by atoms with van der Waals surface area (Å²) in [6, 6.07) is 6.60. The van der Waals surface area contributed by atoms with E-state index >= 15 is 0 Å². The molecule has 0 amide bonds. The third kappa shape index (κ3) is 3.13. The second-order valence-electron chi connectivity index (χ2n) is 4.49. The smallest absolute Gasteiger partial charge is 0.0410 e. The molecule has 0 spiro atoms. The molecule has 3 heteroatoms. The number of piperidine rings is 1. The van der Waals surface area contributed by atoms with Gasteiger partial charge in [0.15, 0.2) is 0 Å². The number of rotatable bonds is 3. The van der Waals surface area contributed by atoms with Crippen molar-refractivity contribution in [2.75, 3.05) is 18.4 Å². The van der Waals surface area contributed by atoms with Gasteiger partial charge in [-0.25, -0.2) is 0 Å². The third-order valence-electron chi connectivity index (χ3n) is 3.14. The van der Waals surface area contributed by atoms with Crippen molar-refractivity contribution in [3.05, 3.63) is 28.8 Å². The average molecular weight is 239 g/mol. The standard InChI is InChI=1S/C13H19ClN2/c1-10-8-11(14)5-6-13(10)16-9-12-4-2-3-7-15-12/h5-6,8,12,15-16H,2-4,7,9H2,1H3. The van der Waals surface area contributed by atoms with Gasteiger partial charge in [0.25, 0.3) is 0 Å². The summed E-state index contributed by atoms with van der Waals surface area (Å²) in [5, 5.41) is 7.82. The first-order valence-electron chi connectivity index (χ1n) is 5.99. The van der Waals surface area contributed by atoms with Crippen LogP contribution >= 0.6 is 11.6 Å². The number of hydrogen-bond acceptors (Lipinski definition) is 2. The van der Waals surface area contributed by atoms with E-state index in [1.54, 1.807) is 0 Å². The van der Waals surface area contributed by atoms with E-state index in [0.29, 0.717) is 6.04 Å². The Morgan fingerprint density at radius 3 is 3.00 bits per heavy atom. The van der Waals surface area contributed by atoms with Crippen molar-refractivity contribution < 1.29 is 0 Å². The topological polar surface area (TPSA) is 24.1 Å². The second-order valence-corrected chi connectivity index (χ2v) is 4.92. The van der Waals surface area contributed by atoms with Crippen LogP contribution < -0.4 is 10.6 Å². The molecule has 1 atom stereocenters. The van der Waals surface area contributed by atoms with Crippen LogP contribution in [0.15, 0.2) is 18.2 Å². The first kappa shape index (κ1) is 11.7. The average Bonchev–Trinajstić information content (AvgIpc) is 2.29. The van der Waals surface area contributed by atoms with Gasteiger partial charge in [0.2, 0.25) is 0 Å². The van der Waals surface area contributed by atoms with Crippen LogP contribution in [0.1, 0.15) is 24.8 Å². The van der Waals surface area contributed by atoms with Gasteiger partial charge < -0.3 is 10.6 Å². The van der Waals surface area contributed by atoms with E-state index < -0.39 is 0 Å². The van der Waals surface area contributed by atoms with Gasteiger partial charge in [-0.1, -0.05) is 18.0 Å². The van der Waals surface area contributed by atoms with Crippen molar-refractivity contribution in [1.82, 2.24) is 5.32 Å². The molecule has 0 aliphatic carbocycles. The van der Waals surface area contributed by atoms with Gasteiger partial charge in [-0.3, -0.25) is 0 Å². The molecule has 0 radical (unpaired) electrons. The summed E-state index contributed by atoms with van der Waals surface area (Å²) >= 11 is 5.93. The van der Waals surface area contributed by atoms with E-state index in [4.69, 9.17) is 11.6 Å². The molecule has 0 bridgehead atoms. The number of halogens is 1. The third-order valence-corrected chi connectivity index (χ3v) is 3.37. The molecular weight excluding hydrogens is 220 g/mol. The Balaban J connectivity index is 1.88. The van der Waals surface area contributed by atoms with Crippen LogP contribution in [0.3, 0.4) is 0 Å². The van der Waals surface area contributed by atoms with Gasteiger partial charge >= 0.3 is 0 Å². The molecular formula is C13H19ClN2. The summed E-state index contributed by atoms with van der Waals surface area (Å²) in [4.78, 5) is 0. The Bertz CT molecular complexity index is 346. The number of anilines is 1. The molecule has 1 aromatic carbocycles. The number of hydrogen-bond donors (Lipinski definition) is 2. The summed E-state index contributed by atoms with van der Waals surface area (Å²) in [6.45, 7) is 4.25. The normalized spacial score (nSPS) is 20.8. The lowest BCUT2D eigenvalue weighted by Gasteiger charge is -2.24. The van der Waals surface area contributed by atoms with Crippen molar-refractivity contribution in [1.29, 1.82) is 0 Å². The molecule has 0 aromatic heterocycles. The molecule has 88 valence electrons. The lowest BCUT2D eigenvalue weighted by atomic mass is 10.0. The summed E-state index contributed by atoms with van der Waals surface area (Å²) in [6.07, 6.45) is 3.94. The molecule has 0 saturated carbocycles. The Morgan fingerprint density at radius 2 is 2.31 bits per heavy atom. The quantitative estimate of drug-likeness (QED) is 0.845. The van der Waals surface area contributed by atoms with Gasteiger partial charge in [0.1, 0.15) is 0 Å². The molecule has 1 fully saturated rings. The van der Waals surface area contributed by atoms with Crippen LogP contribution in [0, 0.1) is 6.92 Å². The largest absolute Gasteiger partial charge is 0.383 e. The summed E-state index contributed by atoms with van der Waals surface area (Å²) in [5.41, 5.74) is 2.40. The summed E-state index contributed by atoms with van der Waals surface area (Å²) < 4.78 is 0. The molecule has 2 nitrogen and oxygen atoms in total. The Hall–Kier alpha value is -0.730. The predicted molar refractivity (Wildman–Crippen MR) is 70.3 cm³/mol. The zero-order chi connectivity index (χ0) is 11.4. The SMILES string of the molecule is Cc1cc(Cl)ccc1NCC1CCCCN1. The highest BCUT2D eigenvalue weighted by Gasteiger charge is 2.12. The van der Waals surface area contributed by atoms with Crippen LogP contribution in [0.4, 0.5) is 5.69 Å². The van der Waals surface area contributed by atoms with Crippen LogP contribution in [-0.2, 0) is 0 Å². The van der Waals surface area contributed by atoms with Crippen LogP contribution in [0.25, 0.3) is 0 Å². The molecule has 1 heterocycles. The highest BCUT2D eigenvalue weighted by Crippen LogP contribution is 2.19. The van der Waals surface area contributed by atoms with Crippen LogP contribution in [0.2, 0.25) is 5.02 Å². The van der Waals surface area contributed by atoms with Crippen molar-refractivity contribution in [2.24, 2.45) is 0 Å². The summed E-state index contributed by atoms with van der Waals surface area (Å²) in [5.74, 6) is 0. The molecule has 2 N–H and O–H groups in total. The van der Waals surface area contributed by atoms with Crippen LogP contribution in [0.5, 0.6) is 0 Å². The highest BCUT2D eigenvalue weighted by molar-refractivity contribution is 6.30. The fourth-order valence-electron chi connectivity index (χ4n) is 2.16. The van der Waals surface area contributed by atoms with Crippen molar-refractivity contribution >= 4 is 17.3 Å². The lowest BCUT2D eigenvalue weighted by molar-refractivity contribution is 0.414. The molecule has 1 unspecified atom stereocenters. The van der Waals surface area contributed by atoms with E-state index in [1.165, 1.54) is 30.5 Å². The maximum absolute atomic E-state index is 5.93. The Kier molecular flexibility index (Phi) is 4.08. The van der Waals surface area contributed by atoms with E-state index in [0.717, 1.165) is 18.1 Å². The van der Waals surface area contributed by atoms with E-state index in [2.05, 4.69) is 23.6 Å². The zero-order valence-electron chi connectivity index (χ0n) is 9.72. The maximum atomic E-state index is 5.93. The molecule has 16 heavy (non-hydrogen) atoms. The fourth-order valence-corrected chi connectivity index (χ4v) is 2.38. The van der Waals surface area contributed by atoms with Gasteiger partial charge in [-0.2, -0.15) is 0 Å². The van der Waals surface area contributed by atoms with Gasteiger partial charge in [0, 0.05) is 23.3 Å². The monoisotopic (exact) mass is 238 g/mol. The van der Waals surface area contributed by atoms with E-state index in [9.17, 15) is 0 Å². The van der Waals surface area contributed by atoms with E-state index in [1.807, 2.05) is 12.1 Å². The first-order chi connectivity index (χ1) is 7.75. The Morgan fingerprint density at radius 1 is 1.44 bits per heavy atom. The van der Waals surface area contributed by atoms with Crippen LogP contribution in [-0.4, -0.2) is 19.1 Å². The zero-order valence-corrected chi connectivity index (χ0v) is 10.5. The van der Waals surface area contributed by atoms with Crippen molar-refractivity contribution in [3.63, 3.8) is 0 Å². The number of nitrogens with one attached hydrogen (secondary N) is 2. The fraction of sp³-hybridized carbons (Fsp3) is 0.538. The van der Waals surface area contributed by atoms with Gasteiger partial charge in [-0.05, 0) is 50.1 Å². The van der Waals surface area contributed by atoms with Crippen molar-refractivity contribution in [3.8, 4) is 0 Å². The van der Waals surface area contributed by atoms with Crippen molar-refractivity contribution in [2.45, 2.75) is 32.2 Å². The molecule has 1 aromatic rings. The predicted octanol–water partition coefficient (Wildman–Crippen LogP) is 3.20. The minimum Gasteiger partial charge on any atom is -0.383 e. The number of aryl methyl sites for hydroxylation is 1. The molecule has 1 aliphatic rings. The Labute approximate surface area is 102 Å². The highest BCUT2D eigenvalue weighted by atomic mass is 35.5. The van der Waals surface area contributed by atoms with E-state index in [-0.39, 0.29) is 0 Å². The first-order valence-corrected chi connectivity index (χ1v) is 6.37.